The highest BCUT2D eigenvalue weighted by Gasteiger charge is 2.73. The number of carboxylic acid groups (broad SMARTS) is 1. The highest BCUT2D eigenvalue weighted by Crippen LogP contribution is 2.65. The SMILES string of the molecule is C/C=C1\CN2CC[C@]34C(=Nc5ccccc53)[C@@H]2C[C@@H]1[C@]4(CO)C(=O)O. The number of para-hydroxylation sites is 1. The van der Waals surface area contributed by atoms with Crippen LogP contribution in [0.15, 0.2) is 40.9 Å². The van der Waals surface area contributed by atoms with Gasteiger partial charge in [-0.3, -0.25) is 14.7 Å². The molecule has 5 nitrogen and oxygen atoms in total. The molecule has 25 heavy (non-hydrogen) atoms. The number of carbonyl (C=O) groups is 1. The van der Waals surface area contributed by atoms with E-state index in [-0.39, 0.29) is 18.6 Å². The first-order valence-electron chi connectivity index (χ1n) is 9.02. The lowest BCUT2D eigenvalue weighted by atomic mass is 9.43. The maximum absolute atomic E-state index is 12.7. The Morgan fingerprint density at radius 1 is 1.44 bits per heavy atom. The quantitative estimate of drug-likeness (QED) is 0.810. The van der Waals surface area contributed by atoms with Crippen LogP contribution in [-0.4, -0.2) is 52.5 Å². The van der Waals surface area contributed by atoms with E-state index in [9.17, 15) is 15.0 Å². The van der Waals surface area contributed by atoms with Gasteiger partial charge in [0.05, 0.1) is 23.8 Å². The van der Waals surface area contributed by atoms with Gasteiger partial charge in [-0.1, -0.05) is 29.8 Å². The van der Waals surface area contributed by atoms with Crippen LogP contribution in [0.4, 0.5) is 5.69 Å². The fraction of sp³-hybridized carbons (Fsp3) is 0.500. The third kappa shape index (κ3) is 1.49. The maximum atomic E-state index is 12.7. The molecule has 1 aromatic carbocycles. The molecule has 0 aromatic heterocycles. The summed E-state index contributed by atoms with van der Waals surface area (Å²) in [6.45, 7) is 3.26. The van der Waals surface area contributed by atoms with Crippen molar-refractivity contribution < 1.29 is 15.0 Å². The van der Waals surface area contributed by atoms with Crippen molar-refractivity contribution in [1.29, 1.82) is 0 Å². The smallest absolute Gasteiger partial charge is 0.313 e. The maximum Gasteiger partial charge on any atom is 0.313 e. The molecule has 0 spiro atoms. The van der Waals surface area contributed by atoms with Crippen LogP contribution in [-0.2, 0) is 10.2 Å². The van der Waals surface area contributed by atoms with E-state index in [4.69, 9.17) is 4.99 Å². The first-order chi connectivity index (χ1) is 12.1. The number of aliphatic imine (C=N–C) groups is 1. The number of piperidine rings is 2. The van der Waals surface area contributed by atoms with Crippen molar-refractivity contribution in [1.82, 2.24) is 4.90 Å². The Balaban J connectivity index is 1.88. The fourth-order valence-electron chi connectivity index (χ4n) is 6.17. The summed E-state index contributed by atoms with van der Waals surface area (Å²) in [5, 5.41) is 21.0. The Hall–Kier alpha value is -1.98. The molecule has 130 valence electrons. The molecule has 0 amide bonds. The summed E-state index contributed by atoms with van der Waals surface area (Å²) < 4.78 is 0. The topological polar surface area (TPSA) is 73.1 Å². The van der Waals surface area contributed by atoms with Crippen molar-refractivity contribution in [3.05, 3.63) is 41.5 Å². The second-order valence-corrected chi connectivity index (χ2v) is 7.74. The fourth-order valence-corrected chi connectivity index (χ4v) is 6.17. The molecular formula is C20H22N2O3. The van der Waals surface area contributed by atoms with Gasteiger partial charge in [0.1, 0.15) is 5.41 Å². The zero-order chi connectivity index (χ0) is 17.4. The van der Waals surface area contributed by atoms with Crippen molar-refractivity contribution in [2.24, 2.45) is 16.3 Å². The second-order valence-electron chi connectivity index (χ2n) is 7.74. The average Bonchev–Trinajstić information content (AvgIpc) is 2.98. The van der Waals surface area contributed by atoms with E-state index < -0.39 is 16.8 Å². The van der Waals surface area contributed by atoms with Crippen molar-refractivity contribution in [3.63, 3.8) is 0 Å². The molecule has 0 radical (unpaired) electrons. The molecule has 1 saturated carbocycles. The van der Waals surface area contributed by atoms with E-state index in [0.717, 1.165) is 42.0 Å². The molecule has 5 heteroatoms. The largest absolute Gasteiger partial charge is 0.481 e. The number of hydrogen-bond acceptors (Lipinski definition) is 4. The molecule has 3 bridgehead atoms. The van der Waals surface area contributed by atoms with Crippen LogP contribution in [0, 0.1) is 11.3 Å². The predicted octanol–water partition coefficient (Wildman–Crippen LogP) is 2.13. The van der Waals surface area contributed by atoms with Crippen molar-refractivity contribution in [2.75, 3.05) is 19.7 Å². The third-order valence-corrected chi connectivity index (χ3v) is 7.22. The van der Waals surface area contributed by atoms with E-state index >= 15 is 0 Å². The van der Waals surface area contributed by atoms with Crippen LogP contribution in [0.3, 0.4) is 0 Å². The van der Waals surface area contributed by atoms with Crippen LogP contribution in [0.2, 0.25) is 0 Å². The zero-order valence-electron chi connectivity index (χ0n) is 14.3. The number of carboxylic acids is 1. The first-order valence-corrected chi connectivity index (χ1v) is 9.02. The number of fused-ring (bicyclic) bond motifs is 2. The minimum atomic E-state index is -1.23. The van der Waals surface area contributed by atoms with Gasteiger partial charge in [0, 0.05) is 24.7 Å². The van der Waals surface area contributed by atoms with Gasteiger partial charge in [-0.15, -0.1) is 0 Å². The van der Waals surface area contributed by atoms with Gasteiger partial charge >= 0.3 is 5.97 Å². The minimum absolute atomic E-state index is 0.147. The lowest BCUT2D eigenvalue weighted by Gasteiger charge is -2.64. The van der Waals surface area contributed by atoms with Gasteiger partial charge in [0.25, 0.3) is 0 Å². The first kappa shape index (κ1) is 15.3. The Morgan fingerprint density at radius 3 is 2.96 bits per heavy atom. The minimum Gasteiger partial charge on any atom is -0.481 e. The molecule has 4 atom stereocenters. The lowest BCUT2D eigenvalue weighted by Crippen LogP contribution is -2.74. The molecule has 2 saturated heterocycles. The van der Waals surface area contributed by atoms with Gasteiger partial charge in [-0.25, -0.2) is 0 Å². The van der Waals surface area contributed by atoms with E-state index in [1.807, 2.05) is 31.2 Å². The summed E-state index contributed by atoms with van der Waals surface area (Å²) in [6.07, 6.45) is 3.50. The van der Waals surface area contributed by atoms with Crippen molar-refractivity contribution in [3.8, 4) is 0 Å². The van der Waals surface area contributed by atoms with Crippen LogP contribution in [0.5, 0.6) is 0 Å². The van der Waals surface area contributed by atoms with Crippen molar-refractivity contribution in [2.45, 2.75) is 31.2 Å². The Bertz CT molecular complexity index is 845. The normalized spacial score (nSPS) is 39.9. The number of benzene rings is 1. The van der Waals surface area contributed by atoms with Crippen LogP contribution < -0.4 is 0 Å². The molecule has 3 heterocycles. The molecule has 2 N–H and O–H groups in total. The number of aliphatic hydroxyl groups is 1. The summed E-state index contributed by atoms with van der Waals surface area (Å²) >= 11 is 0. The molecule has 0 unspecified atom stereocenters. The molecule has 4 aliphatic rings. The molecule has 3 aliphatic heterocycles. The van der Waals surface area contributed by atoms with Crippen LogP contribution in [0.25, 0.3) is 0 Å². The highest BCUT2D eigenvalue weighted by molar-refractivity contribution is 6.11. The number of aliphatic carboxylic acids is 1. The van der Waals surface area contributed by atoms with Crippen molar-refractivity contribution >= 4 is 17.4 Å². The summed E-state index contributed by atoms with van der Waals surface area (Å²) in [6, 6.07) is 8.10. The van der Waals surface area contributed by atoms with Gasteiger partial charge in [0.2, 0.25) is 0 Å². The number of aliphatic hydroxyl groups excluding tert-OH is 1. The van der Waals surface area contributed by atoms with Crippen LogP contribution >= 0.6 is 0 Å². The van der Waals surface area contributed by atoms with Gasteiger partial charge in [-0.2, -0.15) is 0 Å². The number of nitrogens with zero attached hydrogens (tertiary/aromatic N) is 2. The van der Waals surface area contributed by atoms with Gasteiger partial charge < -0.3 is 10.2 Å². The summed E-state index contributed by atoms with van der Waals surface area (Å²) in [7, 11) is 0. The van der Waals surface area contributed by atoms with E-state index in [1.54, 1.807) is 0 Å². The number of allylic oxidation sites excluding steroid dienone is 1. The summed E-state index contributed by atoms with van der Waals surface area (Å²) in [4.78, 5) is 20.1. The van der Waals surface area contributed by atoms with Crippen LogP contribution in [0.1, 0.15) is 25.3 Å². The molecular weight excluding hydrogens is 316 g/mol. The predicted molar refractivity (Wildman–Crippen MR) is 94.2 cm³/mol. The standard InChI is InChI=1S/C20H22N2O3/c1-2-12-10-22-8-7-19-13-5-3-4-6-15(13)21-17(19)16(22)9-14(12)20(19,11-23)18(24)25/h2-6,14,16,23H,7-11H2,1H3,(H,24,25)/b12-2+/t14-,16-,19+,20+/m0/s1. The molecule has 3 fully saturated rings. The third-order valence-electron chi connectivity index (χ3n) is 7.22. The highest BCUT2D eigenvalue weighted by atomic mass is 16.4. The van der Waals surface area contributed by atoms with E-state index in [1.165, 1.54) is 0 Å². The summed E-state index contributed by atoms with van der Waals surface area (Å²) in [5.41, 5.74) is 2.07. The van der Waals surface area contributed by atoms with Gasteiger partial charge in [-0.05, 0) is 31.4 Å². The summed E-state index contributed by atoms with van der Waals surface area (Å²) in [5.74, 6) is -1.04. The Kier molecular flexibility index (Phi) is 2.94. The monoisotopic (exact) mass is 338 g/mol. The molecule has 1 aromatic rings. The average molecular weight is 338 g/mol. The molecule has 1 aliphatic carbocycles. The number of hydrogen-bond donors (Lipinski definition) is 2. The Labute approximate surface area is 146 Å². The van der Waals surface area contributed by atoms with E-state index in [2.05, 4.69) is 11.0 Å². The number of rotatable bonds is 2. The zero-order valence-corrected chi connectivity index (χ0v) is 14.3. The van der Waals surface area contributed by atoms with E-state index in [0.29, 0.717) is 6.42 Å². The second kappa shape index (κ2) is 4.80. The lowest BCUT2D eigenvalue weighted by molar-refractivity contribution is -0.166. The Morgan fingerprint density at radius 2 is 2.24 bits per heavy atom. The van der Waals surface area contributed by atoms with Gasteiger partial charge in [0.15, 0.2) is 0 Å². The molecule has 5 rings (SSSR count).